The molecule has 0 fully saturated rings. The lowest BCUT2D eigenvalue weighted by molar-refractivity contribution is -0.120. The topological polar surface area (TPSA) is 49.8 Å². The molecule has 0 aliphatic heterocycles. The lowest BCUT2D eigenvalue weighted by Crippen LogP contribution is -2.42. The van der Waals surface area contributed by atoms with Gasteiger partial charge in [0.2, 0.25) is 0 Å². The summed E-state index contributed by atoms with van der Waals surface area (Å²) in [5.74, 6) is -0.0116. The maximum Gasteiger partial charge on any atom is 0.434 e. The standard InChI is InChI=1S/C17H23NO3/c1-12-7-5-8-13(11-12)14-9-6-10-15(14)18(20)16(19)21-17(2,3)4/h5-9,11,14-15,20H,10H2,1-4H3/t14-,15-/m0/s1. The van der Waals surface area contributed by atoms with E-state index in [4.69, 9.17) is 4.74 Å². The summed E-state index contributed by atoms with van der Waals surface area (Å²) >= 11 is 0. The van der Waals surface area contributed by atoms with Gasteiger partial charge < -0.3 is 4.74 Å². The number of aryl methyl sites for hydroxylation is 1. The first-order chi connectivity index (χ1) is 9.78. The molecule has 1 aliphatic carbocycles. The number of hydrogen-bond donors (Lipinski definition) is 1. The number of carbonyl (C=O) groups is 1. The second kappa shape index (κ2) is 5.90. The van der Waals surface area contributed by atoms with Crippen LogP contribution in [0.2, 0.25) is 0 Å². The van der Waals surface area contributed by atoms with Crippen LogP contribution in [0, 0.1) is 6.92 Å². The average molecular weight is 289 g/mol. The van der Waals surface area contributed by atoms with Crippen molar-refractivity contribution >= 4 is 6.09 Å². The Balaban J connectivity index is 2.14. The molecule has 4 heteroatoms. The van der Waals surface area contributed by atoms with Gasteiger partial charge in [0.05, 0.1) is 6.04 Å². The molecule has 2 rings (SSSR count). The Kier molecular flexibility index (Phi) is 4.37. The Morgan fingerprint density at radius 3 is 2.71 bits per heavy atom. The maximum atomic E-state index is 12.0. The van der Waals surface area contributed by atoms with Crippen molar-refractivity contribution in [3.8, 4) is 0 Å². The number of nitrogens with zero attached hydrogens (tertiary/aromatic N) is 1. The highest BCUT2D eigenvalue weighted by molar-refractivity contribution is 5.67. The quantitative estimate of drug-likeness (QED) is 0.508. The van der Waals surface area contributed by atoms with E-state index in [1.807, 2.05) is 37.3 Å². The minimum atomic E-state index is -0.700. The first-order valence-corrected chi connectivity index (χ1v) is 7.22. The van der Waals surface area contributed by atoms with Gasteiger partial charge in [-0.25, -0.2) is 4.79 Å². The summed E-state index contributed by atoms with van der Waals surface area (Å²) in [5, 5.41) is 10.9. The van der Waals surface area contributed by atoms with Gasteiger partial charge in [0.15, 0.2) is 0 Å². The Morgan fingerprint density at radius 2 is 2.10 bits per heavy atom. The van der Waals surface area contributed by atoms with Crippen LogP contribution in [0.5, 0.6) is 0 Å². The molecule has 1 aliphatic rings. The Labute approximate surface area is 126 Å². The predicted molar refractivity (Wildman–Crippen MR) is 81.3 cm³/mol. The molecule has 0 saturated heterocycles. The summed E-state index contributed by atoms with van der Waals surface area (Å²) in [6, 6.07) is 7.80. The molecule has 0 spiro atoms. The minimum absolute atomic E-state index is 0.0116. The van der Waals surface area contributed by atoms with Gasteiger partial charge in [-0.15, -0.1) is 0 Å². The molecule has 114 valence electrons. The molecule has 4 nitrogen and oxygen atoms in total. The molecule has 0 heterocycles. The van der Waals surface area contributed by atoms with Crippen LogP contribution >= 0.6 is 0 Å². The van der Waals surface area contributed by atoms with E-state index < -0.39 is 11.7 Å². The third kappa shape index (κ3) is 3.85. The van der Waals surface area contributed by atoms with E-state index in [1.54, 1.807) is 20.8 Å². The van der Waals surface area contributed by atoms with Crippen LogP contribution in [0.4, 0.5) is 4.79 Å². The van der Waals surface area contributed by atoms with Crippen molar-refractivity contribution in [3.63, 3.8) is 0 Å². The fraction of sp³-hybridized carbons (Fsp3) is 0.471. The molecule has 0 aromatic heterocycles. The number of ether oxygens (including phenoxy) is 1. The van der Waals surface area contributed by atoms with Crippen molar-refractivity contribution in [1.82, 2.24) is 5.06 Å². The van der Waals surface area contributed by atoms with Crippen LogP contribution in [-0.4, -0.2) is 28.0 Å². The number of hydrogen-bond acceptors (Lipinski definition) is 3. The smallest absolute Gasteiger partial charge is 0.434 e. The molecule has 1 amide bonds. The summed E-state index contributed by atoms with van der Waals surface area (Å²) in [5.41, 5.74) is 1.63. The van der Waals surface area contributed by atoms with E-state index in [-0.39, 0.29) is 12.0 Å². The zero-order valence-electron chi connectivity index (χ0n) is 13.0. The van der Waals surface area contributed by atoms with Gasteiger partial charge in [0, 0.05) is 5.92 Å². The van der Waals surface area contributed by atoms with Crippen molar-refractivity contribution in [1.29, 1.82) is 0 Å². The van der Waals surface area contributed by atoms with E-state index in [0.717, 1.165) is 16.2 Å². The van der Waals surface area contributed by atoms with Gasteiger partial charge in [-0.2, -0.15) is 5.06 Å². The molecule has 0 saturated carbocycles. The monoisotopic (exact) mass is 289 g/mol. The van der Waals surface area contributed by atoms with Gasteiger partial charge in [-0.05, 0) is 39.7 Å². The fourth-order valence-corrected chi connectivity index (χ4v) is 2.55. The summed E-state index contributed by atoms with van der Waals surface area (Å²) < 4.78 is 5.23. The van der Waals surface area contributed by atoms with Gasteiger partial charge in [0.25, 0.3) is 0 Å². The second-order valence-electron chi connectivity index (χ2n) is 6.50. The Bertz CT molecular complexity index is 545. The second-order valence-corrected chi connectivity index (χ2v) is 6.50. The summed E-state index contributed by atoms with van der Waals surface area (Å²) in [7, 11) is 0. The van der Waals surface area contributed by atoms with Gasteiger partial charge >= 0.3 is 6.09 Å². The molecule has 2 atom stereocenters. The normalized spacial score (nSPS) is 21.4. The van der Waals surface area contributed by atoms with Gasteiger partial charge in [-0.1, -0.05) is 42.0 Å². The number of amides is 1. The third-order valence-electron chi connectivity index (χ3n) is 3.46. The molecular formula is C17H23NO3. The zero-order valence-corrected chi connectivity index (χ0v) is 13.0. The van der Waals surface area contributed by atoms with Gasteiger partial charge in [-0.3, -0.25) is 5.21 Å². The molecule has 0 radical (unpaired) electrons. The van der Waals surface area contributed by atoms with Crippen LogP contribution in [-0.2, 0) is 4.74 Å². The number of hydroxylamine groups is 2. The van der Waals surface area contributed by atoms with E-state index in [2.05, 4.69) is 6.07 Å². The van der Waals surface area contributed by atoms with Crippen molar-refractivity contribution in [3.05, 3.63) is 47.5 Å². The SMILES string of the molecule is Cc1cccc([C@@H]2C=CC[C@@H]2N(O)C(=O)OC(C)(C)C)c1. The van der Waals surface area contributed by atoms with E-state index in [0.29, 0.717) is 6.42 Å². The van der Waals surface area contributed by atoms with Crippen molar-refractivity contribution in [2.75, 3.05) is 0 Å². The molecule has 0 bridgehead atoms. The lowest BCUT2D eigenvalue weighted by atomic mass is 9.93. The third-order valence-corrected chi connectivity index (χ3v) is 3.46. The van der Waals surface area contributed by atoms with Crippen LogP contribution < -0.4 is 0 Å². The average Bonchev–Trinajstić information content (AvgIpc) is 2.84. The summed E-state index contributed by atoms with van der Waals surface area (Å²) in [4.78, 5) is 12.0. The van der Waals surface area contributed by atoms with Crippen LogP contribution in [0.3, 0.4) is 0 Å². The molecule has 0 unspecified atom stereocenters. The maximum absolute atomic E-state index is 12.0. The largest absolute Gasteiger partial charge is 0.442 e. The van der Waals surface area contributed by atoms with Crippen molar-refractivity contribution in [2.24, 2.45) is 0 Å². The molecule has 1 aromatic rings. The van der Waals surface area contributed by atoms with Crippen LogP contribution in [0.15, 0.2) is 36.4 Å². The molecule has 21 heavy (non-hydrogen) atoms. The van der Waals surface area contributed by atoms with Crippen molar-refractivity contribution < 1.29 is 14.7 Å². The number of benzene rings is 1. The van der Waals surface area contributed by atoms with E-state index in [9.17, 15) is 10.0 Å². The van der Waals surface area contributed by atoms with Gasteiger partial charge in [0.1, 0.15) is 5.60 Å². The van der Waals surface area contributed by atoms with Crippen LogP contribution in [0.1, 0.15) is 44.2 Å². The number of rotatable bonds is 2. The molecule has 1 aromatic carbocycles. The summed E-state index contributed by atoms with van der Waals surface area (Å²) in [6.07, 6.45) is 3.95. The first kappa shape index (κ1) is 15.6. The minimum Gasteiger partial charge on any atom is -0.442 e. The Morgan fingerprint density at radius 1 is 1.38 bits per heavy atom. The van der Waals surface area contributed by atoms with E-state index >= 15 is 0 Å². The highest BCUT2D eigenvalue weighted by Crippen LogP contribution is 2.33. The number of carbonyl (C=O) groups excluding carboxylic acids is 1. The highest BCUT2D eigenvalue weighted by Gasteiger charge is 2.34. The first-order valence-electron chi connectivity index (χ1n) is 7.22. The molecular weight excluding hydrogens is 266 g/mol. The molecule has 1 N–H and O–H groups in total. The predicted octanol–water partition coefficient (Wildman–Crippen LogP) is 4.03. The fourth-order valence-electron chi connectivity index (χ4n) is 2.55. The Hall–Kier alpha value is -1.81. The summed E-state index contributed by atoms with van der Waals surface area (Å²) in [6.45, 7) is 7.37. The zero-order chi connectivity index (χ0) is 15.6. The van der Waals surface area contributed by atoms with E-state index in [1.165, 1.54) is 0 Å². The van der Waals surface area contributed by atoms with Crippen molar-refractivity contribution in [2.45, 2.75) is 51.7 Å². The van der Waals surface area contributed by atoms with Crippen LogP contribution in [0.25, 0.3) is 0 Å². The highest BCUT2D eigenvalue weighted by atomic mass is 16.6. The lowest BCUT2D eigenvalue weighted by Gasteiger charge is -2.30.